The van der Waals surface area contributed by atoms with Gasteiger partial charge in [0.05, 0.1) is 16.6 Å². The minimum atomic E-state index is -0.682. The van der Waals surface area contributed by atoms with Crippen molar-refractivity contribution in [3.8, 4) is 0 Å². The first-order chi connectivity index (χ1) is 8.49. The minimum absolute atomic E-state index is 0.152. The van der Waals surface area contributed by atoms with Gasteiger partial charge in [-0.3, -0.25) is 4.99 Å². The zero-order valence-corrected chi connectivity index (χ0v) is 10.2. The van der Waals surface area contributed by atoms with Crippen LogP contribution in [0.25, 0.3) is 16.6 Å². The van der Waals surface area contributed by atoms with Gasteiger partial charge < -0.3 is 15.8 Å². The zero-order valence-electron chi connectivity index (χ0n) is 10.2. The summed E-state index contributed by atoms with van der Waals surface area (Å²) in [6.45, 7) is 3.62. The maximum absolute atomic E-state index is 10.2. The summed E-state index contributed by atoms with van der Waals surface area (Å²) in [6.07, 6.45) is 0. The number of para-hydroxylation sites is 2. The van der Waals surface area contributed by atoms with Gasteiger partial charge in [0.1, 0.15) is 23.0 Å². The van der Waals surface area contributed by atoms with E-state index in [4.69, 9.17) is 5.73 Å². The smallest absolute Gasteiger partial charge is 0.145 e. The molecule has 0 unspecified atom stereocenters. The summed E-state index contributed by atoms with van der Waals surface area (Å²) in [4.78, 5) is 11.8. The predicted molar refractivity (Wildman–Crippen MR) is 71.3 cm³/mol. The lowest BCUT2D eigenvalue weighted by atomic mass is 10.0. The molecule has 1 aromatic carbocycles. The Labute approximate surface area is 104 Å². The molecule has 2 heterocycles. The first-order valence-corrected chi connectivity index (χ1v) is 5.73. The van der Waals surface area contributed by atoms with Gasteiger partial charge in [-0.25, -0.2) is 4.98 Å². The Balaban J connectivity index is 2.21. The van der Waals surface area contributed by atoms with Crippen LogP contribution >= 0.6 is 0 Å². The van der Waals surface area contributed by atoms with Crippen LogP contribution in [0.2, 0.25) is 0 Å². The number of fused-ring (bicyclic) bond motifs is 1. The maximum Gasteiger partial charge on any atom is 0.145 e. The lowest BCUT2D eigenvalue weighted by Gasteiger charge is -2.13. The van der Waals surface area contributed by atoms with Crippen LogP contribution in [0, 0.1) is 0 Å². The molecule has 0 saturated carbocycles. The fourth-order valence-electron chi connectivity index (χ4n) is 2.14. The van der Waals surface area contributed by atoms with Crippen LogP contribution in [0.3, 0.4) is 0 Å². The summed E-state index contributed by atoms with van der Waals surface area (Å²) in [5, 5.41) is 10.2. The van der Waals surface area contributed by atoms with E-state index in [1.165, 1.54) is 0 Å². The molecule has 1 aromatic heterocycles. The van der Waals surface area contributed by atoms with Gasteiger partial charge >= 0.3 is 0 Å². The second-order valence-electron chi connectivity index (χ2n) is 4.88. The SMILES string of the molecule is CC1(C)N=C(N)C(c2nc3ccccc3[nH]2)=C1O. The summed E-state index contributed by atoms with van der Waals surface area (Å²) in [7, 11) is 0. The molecule has 5 heteroatoms. The number of aromatic nitrogens is 2. The second kappa shape index (κ2) is 3.35. The second-order valence-corrected chi connectivity index (χ2v) is 4.88. The highest BCUT2D eigenvalue weighted by Gasteiger charge is 2.35. The number of nitrogens with zero attached hydrogens (tertiary/aromatic N) is 2. The number of nitrogens with two attached hydrogens (primary N) is 1. The lowest BCUT2D eigenvalue weighted by Crippen LogP contribution is -2.17. The van der Waals surface area contributed by atoms with Gasteiger partial charge in [0.15, 0.2) is 0 Å². The van der Waals surface area contributed by atoms with Gasteiger partial charge in [-0.05, 0) is 26.0 Å². The van der Waals surface area contributed by atoms with Crippen LogP contribution in [0.1, 0.15) is 19.7 Å². The van der Waals surface area contributed by atoms with Crippen molar-refractivity contribution in [2.75, 3.05) is 0 Å². The van der Waals surface area contributed by atoms with Crippen molar-refractivity contribution in [3.05, 3.63) is 35.8 Å². The Morgan fingerprint density at radius 3 is 2.61 bits per heavy atom. The average Bonchev–Trinajstić information content (AvgIpc) is 2.78. The molecule has 0 fully saturated rings. The van der Waals surface area contributed by atoms with Crippen molar-refractivity contribution in [1.29, 1.82) is 0 Å². The van der Waals surface area contributed by atoms with Crippen LogP contribution in [-0.4, -0.2) is 26.4 Å². The molecular weight excluding hydrogens is 228 g/mol. The number of imidazole rings is 1. The maximum atomic E-state index is 10.2. The molecular formula is C13H14N4O. The number of benzene rings is 1. The number of hydrogen-bond donors (Lipinski definition) is 3. The third-order valence-electron chi connectivity index (χ3n) is 3.10. The number of hydrogen-bond acceptors (Lipinski definition) is 4. The normalized spacial score (nSPS) is 18.4. The molecule has 0 amide bonds. The Morgan fingerprint density at radius 2 is 2.00 bits per heavy atom. The molecule has 0 saturated heterocycles. The van der Waals surface area contributed by atoms with E-state index in [0.29, 0.717) is 17.2 Å². The van der Waals surface area contributed by atoms with Crippen molar-refractivity contribution in [2.45, 2.75) is 19.4 Å². The van der Waals surface area contributed by atoms with Crippen LogP contribution in [0.4, 0.5) is 0 Å². The number of nitrogens with one attached hydrogen (secondary N) is 1. The highest BCUT2D eigenvalue weighted by Crippen LogP contribution is 2.33. The molecule has 0 aliphatic carbocycles. The number of amidine groups is 1. The fourth-order valence-corrected chi connectivity index (χ4v) is 2.14. The Kier molecular flexibility index (Phi) is 2.02. The molecule has 2 aromatic rings. The van der Waals surface area contributed by atoms with E-state index in [1.54, 1.807) is 0 Å². The number of aromatic amines is 1. The lowest BCUT2D eigenvalue weighted by molar-refractivity contribution is 0.333. The summed E-state index contributed by atoms with van der Waals surface area (Å²) < 4.78 is 0. The standard InChI is InChI=1S/C13H14N4O/c1-13(2)10(18)9(11(14)17-13)12-15-7-5-3-4-6-8(7)16-12/h3-6,18H,1-2H3,(H2,14,17)(H,15,16). The molecule has 18 heavy (non-hydrogen) atoms. The van der Waals surface area contributed by atoms with Gasteiger partial charge in [0.2, 0.25) is 0 Å². The first kappa shape index (κ1) is 10.8. The number of aliphatic hydroxyl groups excluding tert-OH is 1. The Morgan fingerprint density at radius 1 is 1.28 bits per heavy atom. The number of H-pyrrole nitrogens is 1. The van der Waals surface area contributed by atoms with E-state index in [-0.39, 0.29) is 5.76 Å². The van der Waals surface area contributed by atoms with Gasteiger partial charge in [0, 0.05) is 0 Å². The highest BCUT2D eigenvalue weighted by molar-refractivity contribution is 6.24. The van der Waals surface area contributed by atoms with Gasteiger partial charge in [-0.15, -0.1) is 0 Å². The predicted octanol–water partition coefficient (Wildman–Crippen LogP) is 1.98. The largest absolute Gasteiger partial charge is 0.509 e. The average molecular weight is 242 g/mol. The number of aliphatic hydroxyl groups is 1. The van der Waals surface area contributed by atoms with Gasteiger partial charge in [0.25, 0.3) is 0 Å². The monoisotopic (exact) mass is 242 g/mol. The van der Waals surface area contributed by atoms with E-state index in [9.17, 15) is 5.11 Å². The molecule has 0 atom stereocenters. The van der Waals surface area contributed by atoms with Crippen LogP contribution < -0.4 is 5.73 Å². The molecule has 4 N–H and O–H groups in total. The fraction of sp³-hybridized carbons (Fsp3) is 0.231. The van der Waals surface area contributed by atoms with Crippen LogP contribution in [0.5, 0.6) is 0 Å². The summed E-state index contributed by atoms with van der Waals surface area (Å²) in [5.74, 6) is 1.02. The van der Waals surface area contributed by atoms with E-state index in [0.717, 1.165) is 11.0 Å². The third kappa shape index (κ3) is 1.40. The Hall–Kier alpha value is -2.30. The number of rotatable bonds is 1. The first-order valence-electron chi connectivity index (χ1n) is 5.73. The molecule has 3 rings (SSSR count). The molecule has 1 aliphatic rings. The molecule has 0 bridgehead atoms. The molecule has 5 nitrogen and oxygen atoms in total. The van der Waals surface area contributed by atoms with Crippen molar-refractivity contribution < 1.29 is 5.11 Å². The van der Waals surface area contributed by atoms with E-state index in [1.807, 2.05) is 38.1 Å². The van der Waals surface area contributed by atoms with Crippen molar-refractivity contribution in [3.63, 3.8) is 0 Å². The number of aliphatic imine (C=N–C) groups is 1. The summed E-state index contributed by atoms with van der Waals surface area (Å²) in [5.41, 5.74) is 7.43. The van der Waals surface area contributed by atoms with Gasteiger partial charge in [-0.2, -0.15) is 0 Å². The van der Waals surface area contributed by atoms with Crippen molar-refractivity contribution in [2.24, 2.45) is 10.7 Å². The zero-order chi connectivity index (χ0) is 12.9. The van der Waals surface area contributed by atoms with E-state index >= 15 is 0 Å². The summed E-state index contributed by atoms with van der Waals surface area (Å²) >= 11 is 0. The molecule has 1 aliphatic heterocycles. The molecule has 0 radical (unpaired) electrons. The summed E-state index contributed by atoms with van der Waals surface area (Å²) in [6, 6.07) is 7.67. The topological polar surface area (TPSA) is 87.3 Å². The van der Waals surface area contributed by atoms with E-state index in [2.05, 4.69) is 15.0 Å². The van der Waals surface area contributed by atoms with E-state index < -0.39 is 5.54 Å². The third-order valence-corrected chi connectivity index (χ3v) is 3.10. The van der Waals surface area contributed by atoms with Crippen molar-refractivity contribution >= 4 is 22.4 Å². The Bertz CT molecular complexity index is 661. The highest BCUT2D eigenvalue weighted by atomic mass is 16.3. The quantitative estimate of drug-likeness (QED) is 0.714. The van der Waals surface area contributed by atoms with Gasteiger partial charge in [-0.1, -0.05) is 12.1 Å². The molecule has 0 spiro atoms. The minimum Gasteiger partial charge on any atom is -0.509 e. The molecule has 92 valence electrons. The van der Waals surface area contributed by atoms with Crippen molar-refractivity contribution in [1.82, 2.24) is 9.97 Å². The van der Waals surface area contributed by atoms with Crippen LogP contribution in [-0.2, 0) is 0 Å². The van der Waals surface area contributed by atoms with Crippen LogP contribution in [0.15, 0.2) is 35.0 Å².